The Labute approximate surface area is 126 Å². The minimum atomic E-state index is 0.688. The third-order valence-corrected chi connectivity index (χ3v) is 6.43. The minimum absolute atomic E-state index is 0.688. The molecule has 0 atom stereocenters. The molecule has 80 valence electrons. The number of benzene rings is 1. The highest BCUT2D eigenvalue weighted by atomic mass is 79.9. The van der Waals surface area contributed by atoms with Gasteiger partial charge in [0.2, 0.25) is 0 Å². The van der Waals surface area contributed by atoms with Crippen LogP contribution in [0.5, 0.6) is 0 Å². The maximum atomic E-state index is 4.33. The van der Waals surface area contributed by atoms with Crippen molar-refractivity contribution in [2.75, 3.05) is 0 Å². The fraction of sp³-hybridized carbons (Fsp3) is 0.111. The summed E-state index contributed by atoms with van der Waals surface area (Å²) >= 11 is 18.4. The maximum absolute atomic E-state index is 4.33. The first kappa shape index (κ1) is 12.5. The third kappa shape index (κ3) is 2.08. The minimum Gasteiger partial charge on any atom is -0.349 e. The van der Waals surface area contributed by atoms with Gasteiger partial charge in [-0.1, -0.05) is 0 Å². The molecule has 1 heterocycles. The van der Waals surface area contributed by atoms with Crippen molar-refractivity contribution in [2.24, 2.45) is 0 Å². The first-order valence-electron chi connectivity index (χ1n) is 4.00. The van der Waals surface area contributed by atoms with E-state index in [-0.39, 0.29) is 0 Å². The Balaban J connectivity index is 2.93. The highest BCUT2D eigenvalue weighted by molar-refractivity contribution is 9.14. The first-order chi connectivity index (χ1) is 7.06. The molecule has 0 unspecified atom stereocenters. The first-order valence-corrected chi connectivity index (χ1v) is 7.81. The van der Waals surface area contributed by atoms with Crippen LogP contribution in [0.4, 0.5) is 0 Å². The van der Waals surface area contributed by atoms with E-state index in [1.807, 2.05) is 6.07 Å². The van der Waals surface area contributed by atoms with Gasteiger partial charge in [0.25, 0.3) is 0 Å². The molecule has 0 aliphatic heterocycles. The zero-order chi connectivity index (χ0) is 11.2. The number of H-pyrrole nitrogens is 1. The molecule has 0 radical (unpaired) electrons. The number of fused-ring (bicyclic) bond motifs is 1. The lowest BCUT2D eigenvalue weighted by atomic mass is 10.2. The Kier molecular flexibility index (Phi) is 3.93. The van der Waals surface area contributed by atoms with E-state index in [1.54, 1.807) is 0 Å². The lowest BCUT2D eigenvalue weighted by Crippen LogP contribution is -1.80. The van der Waals surface area contributed by atoms with Crippen LogP contribution in [0.3, 0.4) is 0 Å². The van der Waals surface area contributed by atoms with Crippen LogP contribution < -0.4 is 0 Å². The van der Waals surface area contributed by atoms with Crippen molar-refractivity contribution in [1.82, 2.24) is 4.98 Å². The molecular formula is C9H5Br4NS. The molecule has 1 aromatic carbocycles. The van der Waals surface area contributed by atoms with Crippen LogP contribution in [0.25, 0.3) is 10.9 Å². The standard InChI is InChI=1S/C9H5Br4NS/c10-4-1-5-6(8(12)7(4)11)3(2-15)9(13)14-5/h1,14-15H,2H2. The van der Waals surface area contributed by atoms with Gasteiger partial charge in [-0.2, -0.15) is 12.6 Å². The number of thiol groups is 1. The van der Waals surface area contributed by atoms with Crippen molar-refractivity contribution in [2.45, 2.75) is 5.75 Å². The molecule has 1 nitrogen and oxygen atoms in total. The highest BCUT2D eigenvalue weighted by Crippen LogP contribution is 2.41. The van der Waals surface area contributed by atoms with Gasteiger partial charge in [0, 0.05) is 35.6 Å². The van der Waals surface area contributed by atoms with Gasteiger partial charge in [-0.3, -0.25) is 0 Å². The summed E-state index contributed by atoms with van der Waals surface area (Å²) in [5, 5.41) is 1.16. The van der Waals surface area contributed by atoms with Gasteiger partial charge in [0.05, 0.1) is 4.60 Å². The van der Waals surface area contributed by atoms with E-state index in [1.165, 1.54) is 0 Å². The Hall–Kier alpha value is 1.03. The van der Waals surface area contributed by atoms with E-state index in [0.29, 0.717) is 5.75 Å². The van der Waals surface area contributed by atoms with Gasteiger partial charge in [-0.15, -0.1) is 0 Å². The van der Waals surface area contributed by atoms with Crippen molar-refractivity contribution in [3.63, 3.8) is 0 Å². The summed E-state index contributed by atoms with van der Waals surface area (Å²) in [6.07, 6.45) is 0. The summed E-state index contributed by atoms with van der Waals surface area (Å²) in [5.74, 6) is 0.688. The molecule has 2 rings (SSSR count). The molecule has 0 spiro atoms. The van der Waals surface area contributed by atoms with Crippen LogP contribution in [-0.4, -0.2) is 4.98 Å². The van der Waals surface area contributed by atoms with Crippen molar-refractivity contribution in [1.29, 1.82) is 0 Å². The van der Waals surface area contributed by atoms with Crippen LogP contribution in [0.1, 0.15) is 5.56 Å². The zero-order valence-corrected chi connectivity index (χ0v) is 14.5. The summed E-state index contributed by atoms with van der Waals surface area (Å²) in [4.78, 5) is 3.27. The molecule has 6 heteroatoms. The average Bonchev–Trinajstić information content (AvgIpc) is 2.50. The van der Waals surface area contributed by atoms with E-state index in [2.05, 4.69) is 81.3 Å². The average molecular weight is 479 g/mol. The van der Waals surface area contributed by atoms with Crippen molar-refractivity contribution in [3.8, 4) is 0 Å². The van der Waals surface area contributed by atoms with Crippen LogP contribution >= 0.6 is 76.3 Å². The van der Waals surface area contributed by atoms with Gasteiger partial charge in [0.15, 0.2) is 0 Å². The summed E-state index contributed by atoms with van der Waals surface area (Å²) < 4.78 is 4.06. The molecular weight excluding hydrogens is 474 g/mol. The lowest BCUT2D eigenvalue weighted by Gasteiger charge is -2.03. The zero-order valence-electron chi connectivity index (χ0n) is 7.24. The molecule has 1 N–H and O–H groups in total. The number of nitrogens with one attached hydrogen (secondary N) is 1. The van der Waals surface area contributed by atoms with Crippen LogP contribution in [0, 0.1) is 0 Å². The Bertz CT molecular complexity index is 535. The molecule has 15 heavy (non-hydrogen) atoms. The van der Waals surface area contributed by atoms with Crippen LogP contribution in [-0.2, 0) is 5.75 Å². The van der Waals surface area contributed by atoms with E-state index in [9.17, 15) is 0 Å². The second-order valence-electron chi connectivity index (χ2n) is 2.98. The summed E-state index contributed by atoms with van der Waals surface area (Å²) in [6.45, 7) is 0. The summed E-state index contributed by atoms with van der Waals surface area (Å²) in [6, 6.07) is 2.04. The molecule has 2 aromatic rings. The molecule has 0 bridgehead atoms. The Morgan fingerprint density at radius 3 is 2.40 bits per heavy atom. The number of aromatic nitrogens is 1. The topological polar surface area (TPSA) is 15.8 Å². The number of halogens is 4. The molecule has 0 saturated carbocycles. The normalized spacial score (nSPS) is 11.3. The molecule has 0 aliphatic rings. The predicted octanol–water partition coefficient (Wildman–Crippen LogP) is 5.65. The van der Waals surface area contributed by atoms with Gasteiger partial charge in [0.1, 0.15) is 0 Å². The fourth-order valence-electron chi connectivity index (χ4n) is 1.44. The number of rotatable bonds is 1. The summed E-state index contributed by atoms with van der Waals surface area (Å²) in [7, 11) is 0. The lowest BCUT2D eigenvalue weighted by molar-refractivity contribution is 1.34. The van der Waals surface area contributed by atoms with E-state index in [0.717, 1.165) is 34.5 Å². The van der Waals surface area contributed by atoms with Crippen molar-refractivity contribution < 1.29 is 0 Å². The number of hydrogen-bond acceptors (Lipinski definition) is 1. The van der Waals surface area contributed by atoms with E-state index >= 15 is 0 Å². The molecule has 1 aromatic heterocycles. The Morgan fingerprint density at radius 2 is 1.80 bits per heavy atom. The predicted molar refractivity (Wildman–Crippen MR) is 81.8 cm³/mol. The van der Waals surface area contributed by atoms with E-state index in [4.69, 9.17) is 0 Å². The quantitative estimate of drug-likeness (QED) is 0.389. The molecule has 0 fully saturated rings. The summed E-state index contributed by atoms with van der Waals surface area (Å²) in [5.41, 5.74) is 2.24. The van der Waals surface area contributed by atoms with Gasteiger partial charge >= 0.3 is 0 Å². The number of aromatic amines is 1. The highest BCUT2D eigenvalue weighted by Gasteiger charge is 2.15. The van der Waals surface area contributed by atoms with Crippen LogP contribution in [0.2, 0.25) is 0 Å². The SMILES string of the molecule is SCc1c(Br)[nH]c2cc(Br)c(Br)c(Br)c12. The van der Waals surface area contributed by atoms with E-state index < -0.39 is 0 Å². The second-order valence-corrected chi connectivity index (χ2v) is 6.53. The maximum Gasteiger partial charge on any atom is 0.0872 e. The fourth-order valence-corrected chi connectivity index (χ4v) is 4.20. The molecule has 0 aliphatic carbocycles. The Morgan fingerprint density at radius 1 is 1.13 bits per heavy atom. The van der Waals surface area contributed by atoms with Crippen molar-refractivity contribution >= 4 is 87.3 Å². The number of hydrogen-bond donors (Lipinski definition) is 2. The third-order valence-electron chi connectivity index (χ3n) is 2.13. The molecule has 0 amide bonds. The van der Waals surface area contributed by atoms with Gasteiger partial charge < -0.3 is 4.98 Å². The van der Waals surface area contributed by atoms with Gasteiger partial charge in [-0.05, 0) is 69.8 Å². The smallest absolute Gasteiger partial charge is 0.0872 e. The second kappa shape index (κ2) is 4.72. The largest absolute Gasteiger partial charge is 0.349 e. The monoisotopic (exact) mass is 475 g/mol. The van der Waals surface area contributed by atoms with Gasteiger partial charge in [-0.25, -0.2) is 0 Å². The van der Waals surface area contributed by atoms with Crippen molar-refractivity contribution in [3.05, 3.63) is 29.7 Å². The molecule has 0 saturated heterocycles. The van der Waals surface area contributed by atoms with Crippen LogP contribution in [0.15, 0.2) is 24.1 Å².